The smallest absolute Gasteiger partial charge is 0.147 e. The third-order valence-corrected chi connectivity index (χ3v) is 3.68. The zero-order valence-electron chi connectivity index (χ0n) is 8.43. The van der Waals surface area contributed by atoms with Gasteiger partial charge in [-0.2, -0.15) is 0 Å². The van der Waals surface area contributed by atoms with Crippen LogP contribution in [0, 0.1) is 0 Å². The molecule has 82 valence electrons. The van der Waals surface area contributed by atoms with Crippen LogP contribution >= 0.6 is 0 Å². The van der Waals surface area contributed by atoms with Crippen LogP contribution in [0.3, 0.4) is 0 Å². The first kappa shape index (κ1) is 10.5. The van der Waals surface area contributed by atoms with Crippen molar-refractivity contribution in [2.45, 2.75) is 6.54 Å². The van der Waals surface area contributed by atoms with Gasteiger partial charge in [0.2, 0.25) is 0 Å². The van der Waals surface area contributed by atoms with E-state index in [1.165, 1.54) is 0 Å². The van der Waals surface area contributed by atoms with Crippen molar-refractivity contribution in [3.05, 3.63) is 18.1 Å². The minimum Gasteiger partial charge on any atom is -0.354 e. The lowest BCUT2D eigenvalue weighted by molar-refractivity contribution is 0.672. The fourth-order valence-corrected chi connectivity index (χ4v) is 2.54. The van der Waals surface area contributed by atoms with Gasteiger partial charge in [-0.1, -0.05) is 0 Å². The van der Waals surface area contributed by atoms with Gasteiger partial charge in [0.1, 0.15) is 5.82 Å². The van der Waals surface area contributed by atoms with E-state index in [1.807, 2.05) is 0 Å². The molecule has 1 aliphatic heterocycles. The molecule has 0 bridgehead atoms. The summed E-state index contributed by atoms with van der Waals surface area (Å²) in [6, 6.07) is 0. The Morgan fingerprint density at radius 3 is 2.60 bits per heavy atom. The lowest BCUT2D eigenvalue weighted by atomic mass is 10.4. The zero-order chi connectivity index (χ0) is 10.7. The van der Waals surface area contributed by atoms with E-state index < -0.39 is 10.8 Å². The molecular formula is C9H14N4OS. The van der Waals surface area contributed by atoms with Crippen molar-refractivity contribution in [1.82, 2.24) is 9.97 Å². The van der Waals surface area contributed by atoms with Crippen molar-refractivity contribution in [2.75, 3.05) is 29.5 Å². The summed E-state index contributed by atoms with van der Waals surface area (Å²) in [5, 5.41) is 0. The molecule has 6 heteroatoms. The first-order chi connectivity index (χ1) is 7.29. The number of hydrogen-bond donors (Lipinski definition) is 1. The summed E-state index contributed by atoms with van der Waals surface area (Å²) in [7, 11) is -0.651. The molecular weight excluding hydrogens is 212 g/mol. The number of rotatable bonds is 2. The molecule has 0 aromatic carbocycles. The minimum absolute atomic E-state index is 0.414. The summed E-state index contributed by atoms with van der Waals surface area (Å²) in [5.41, 5.74) is 6.23. The third-order valence-electron chi connectivity index (χ3n) is 2.40. The van der Waals surface area contributed by atoms with Gasteiger partial charge in [-0.05, 0) is 0 Å². The van der Waals surface area contributed by atoms with Gasteiger partial charge in [0.05, 0.1) is 18.1 Å². The molecule has 0 unspecified atom stereocenters. The van der Waals surface area contributed by atoms with E-state index >= 15 is 0 Å². The predicted molar refractivity (Wildman–Crippen MR) is 60.0 cm³/mol. The Bertz CT molecular complexity index is 344. The number of hydrogen-bond acceptors (Lipinski definition) is 5. The van der Waals surface area contributed by atoms with Gasteiger partial charge < -0.3 is 10.6 Å². The Morgan fingerprint density at radius 2 is 2.07 bits per heavy atom. The second kappa shape index (κ2) is 4.67. The molecule has 2 heterocycles. The largest absolute Gasteiger partial charge is 0.354 e. The summed E-state index contributed by atoms with van der Waals surface area (Å²) in [6.07, 6.45) is 3.43. The number of anilines is 1. The van der Waals surface area contributed by atoms with Crippen LogP contribution in [-0.2, 0) is 17.3 Å². The molecule has 15 heavy (non-hydrogen) atoms. The van der Waals surface area contributed by atoms with Crippen LogP contribution in [-0.4, -0.2) is 38.8 Å². The summed E-state index contributed by atoms with van der Waals surface area (Å²) in [5.74, 6) is 2.30. The average Bonchev–Trinajstić information content (AvgIpc) is 2.30. The molecule has 1 aliphatic rings. The summed E-state index contributed by atoms with van der Waals surface area (Å²) < 4.78 is 11.2. The van der Waals surface area contributed by atoms with Crippen LogP contribution in [0.5, 0.6) is 0 Å². The van der Waals surface area contributed by atoms with Gasteiger partial charge in [-0.3, -0.25) is 9.19 Å². The molecule has 0 aliphatic carbocycles. The predicted octanol–water partition coefficient (Wildman–Crippen LogP) is -0.496. The topological polar surface area (TPSA) is 72.1 Å². The van der Waals surface area contributed by atoms with Gasteiger partial charge in [-0.25, -0.2) is 4.98 Å². The minimum atomic E-state index is -0.651. The van der Waals surface area contributed by atoms with Gasteiger partial charge in [0.25, 0.3) is 0 Å². The summed E-state index contributed by atoms with van der Waals surface area (Å²) in [4.78, 5) is 10.6. The van der Waals surface area contributed by atoms with Gasteiger partial charge in [0.15, 0.2) is 0 Å². The Morgan fingerprint density at radius 1 is 1.33 bits per heavy atom. The van der Waals surface area contributed by atoms with E-state index in [-0.39, 0.29) is 0 Å². The molecule has 1 aromatic rings. The van der Waals surface area contributed by atoms with Crippen LogP contribution in [0.1, 0.15) is 5.69 Å². The Kier molecular flexibility index (Phi) is 3.27. The lowest BCUT2D eigenvalue weighted by Crippen LogP contribution is -2.38. The van der Waals surface area contributed by atoms with E-state index in [0.29, 0.717) is 6.54 Å². The van der Waals surface area contributed by atoms with Crippen LogP contribution in [0.4, 0.5) is 5.82 Å². The van der Waals surface area contributed by atoms with Gasteiger partial charge >= 0.3 is 0 Å². The van der Waals surface area contributed by atoms with Crippen molar-refractivity contribution in [1.29, 1.82) is 0 Å². The van der Waals surface area contributed by atoms with E-state index in [1.54, 1.807) is 12.4 Å². The van der Waals surface area contributed by atoms with E-state index in [0.717, 1.165) is 36.1 Å². The number of aromatic nitrogens is 2. The van der Waals surface area contributed by atoms with Crippen LogP contribution in [0.25, 0.3) is 0 Å². The average molecular weight is 226 g/mol. The molecule has 1 fully saturated rings. The van der Waals surface area contributed by atoms with Gasteiger partial charge in [0, 0.05) is 41.9 Å². The molecule has 0 amide bonds. The monoisotopic (exact) mass is 226 g/mol. The first-order valence-corrected chi connectivity index (χ1v) is 6.39. The molecule has 5 nitrogen and oxygen atoms in total. The standard InChI is InChI=1S/C9H14N4OS/c10-5-8-6-12-9(7-11-8)13-1-3-15(14)4-2-13/h6-7H,1-5,10H2. The highest BCUT2D eigenvalue weighted by Crippen LogP contribution is 2.11. The second-order valence-electron chi connectivity index (χ2n) is 3.41. The Balaban J connectivity index is 2.06. The first-order valence-electron chi connectivity index (χ1n) is 4.90. The molecule has 1 aromatic heterocycles. The normalized spacial score (nSPS) is 18.1. The molecule has 2 N–H and O–H groups in total. The second-order valence-corrected chi connectivity index (χ2v) is 5.10. The molecule has 0 radical (unpaired) electrons. The Hall–Kier alpha value is -1.01. The maximum Gasteiger partial charge on any atom is 0.147 e. The maximum atomic E-state index is 11.2. The van der Waals surface area contributed by atoms with E-state index in [9.17, 15) is 4.21 Å². The zero-order valence-corrected chi connectivity index (χ0v) is 9.24. The van der Waals surface area contributed by atoms with Crippen molar-refractivity contribution in [3.8, 4) is 0 Å². The fourth-order valence-electron chi connectivity index (χ4n) is 1.48. The van der Waals surface area contributed by atoms with Crippen molar-refractivity contribution in [3.63, 3.8) is 0 Å². The fraction of sp³-hybridized carbons (Fsp3) is 0.556. The maximum absolute atomic E-state index is 11.2. The molecule has 1 saturated heterocycles. The van der Waals surface area contributed by atoms with Crippen LogP contribution in [0.15, 0.2) is 12.4 Å². The van der Waals surface area contributed by atoms with Crippen molar-refractivity contribution < 1.29 is 4.21 Å². The van der Waals surface area contributed by atoms with Crippen LogP contribution in [0.2, 0.25) is 0 Å². The SMILES string of the molecule is NCc1cnc(N2CCS(=O)CC2)cn1. The lowest BCUT2D eigenvalue weighted by Gasteiger charge is -2.26. The Labute approximate surface area is 91.2 Å². The quantitative estimate of drug-likeness (QED) is 0.736. The van der Waals surface area contributed by atoms with Crippen LogP contribution < -0.4 is 10.6 Å². The highest BCUT2D eigenvalue weighted by molar-refractivity contribution is 7.85. The summed E-state index contributed by atoms with van der Waals surface area (Å²) >= 11 is 0. The highest BCUT2D eigenvalue weighted by Gasteiger charge is 2.16. The highest BCUT2D eigenvalue weighted by atomic mass is 32.2. The summed E-state index contributed by atoms with van der Waals surface area (Å²) in [6.45, 7) is 2.00. The van der Waals surface area contributed by atoms with Crippen molar-refractivity contribution in [2.24, 2.45) is 5.73 Å². The number of nitrogens with zero attached hydrogens (tertiary/aromatic N) is 3. The van der Waals surface area contributed by atoms with E-state index in [2.05, 4.69) is 14.9 Å². The number of nitrogens with two attached hydrogens (primary N) is 1. The van der Waals surface area contributed by atoms with E-state index in [4.69, 9.17) is 5.73 Å². The molecule has 2 rings (SSSR count). The molecule has 0 spiro atoms. The van der Waals surface area contributed by atoms with Crippen molar-refractivity contribution >= 4 is 16.6 Å². The molecule has 0 atom stereocenters. The third kappa shape index (κ3) is 2.51. The van der Waals surface area contributed by atoms with Gasteiger partial charge in [-0.15, -0.1) is 0 Å². The molecule has 0 saturated carbocycles.